The molecule has 1 aromatic carbocycles. The molecule has 1 fully saturated rings. The van der Waals surface area contributed by atoms with E-state index in [4.69, 9.17) is 10.1 Å². The summed E-state index contributed by atoms with van der Waals surface area (Å²) in [7, 11) is 0. The number of aromatic nitrogens is 4. The van der Waals surface area contributed by atoms with Gasteiger partial charge in [0.1, 0.15) is 5.69 Å². The number of nitrogens with zero attached hydrogens (tertiary/aromatic N) is 5. The Balaban J connectivity index is 1.41. The highest BCUT2D eigenvalue weighted by molar-refractivity contribution is 7.15. The Morgan fingerprint density at radius 2 is 1.89 bits per heavy atom. The number of fused-ring (bicyclic) bond motifs is 1. The summed E-state index contributed by atoms with van der Waals surface area (Å²) in [6.07, 6.45) is 3.90. The summed E-state index contributed by atoms with van der Waals surface area (Å²) in [6, 6.07) is 8.06. The summed E-state index contributed by atoms with van der Waals surface area (Å²) in [4.78, 5) is 34.2. The van der Waals surface area contributed by atoms with Gasteiger partial charge >= 0.3 is 0 Å². The number of benzene rings is 1. The zero-order valence-corrected chi connectivity index (χ0v) is 22.8. The van der Waals surface area contributed by atoms with Crippen LogP contribution < -0.4 is 10.9 Å². The van der Waals surface area contributed by atoms with Crippen molar-refractivity contribution in [3.8, 4) is 16.9 Å². The molecule has 1 amide bonds. The second-order valence-corrected chi connectivity index (χ2v) is 10.8. The van der Waals surface area contributed by atoms with E-state index in [0.717, 1.165) is 36.6 Å². The quantitative estimate of drug-likeness (QED) is 0.400. The van der Waals surface area contributed by atoms with Crippen molar-refractivity contribution in [1.29, 1.82) is 0 Å². The van der Waals surface area contributed by atoms with Crippen molar-refractivity contribution < 1.29 is 4.79 Å². The van der Waals surface area contributed by atoms with Gasteiger partial charge in [0, 0.05) is 29.9 Å². The van der Waals surface area contributed by atoms with E-state index < -0.39 is 0 Å². The van der Waals surface area contributed by atoms with Crippen molar-refractivity contribution >= 4 is 22.2 Å². The molecule has 1 N–H and O–H groups in total. The van der Waals surface area contributed by atoms with Gasteiger partial charge < -0.3 is 10.2 Å². The molecule has 0 unspecified atom stereocenters. The lowest BCUT2D eigenvalue weighted by molar-refractivity contribution is -0.120. The van der Waals surface area contributed by atoms with E-state index in [1.807, 2.05) is 42.1 Å². The second-order valence-electron chi connectivity index (χ2n) is 9.95. The molecular formula is C28H34N6O2S. The molecule has 3 aromatic heterocycles. The van der Waals surface area contributed by atoms with Crippen LogP contribution in [-0.4, -0.2) is 56.2 Å². The zero-order valence-electron chi connectivity index (χ0n) is 22.0. The number of nitrogens with one attached hydrogen (secondary N) is 1. The molecule has 0 saturated carbocycles. The number of hydrogen-bond acceptors (Lipinski definition) is 6. The Morgan fingerprint density at radius 3 is 2.68 bits per heavy atom. The fraction of sp³-hybridized carbons (Fsp3) is 0.429. The van der Waals surface area contributed by atoms with Crippen LogP contribution in [0, 0.1) is 27.7 Å². The third-order valence-electron chi connectivity index (χ3n) is 7.31. The summed E-state index contributed by atoms with van der Waals surface area (Å²) in [5.74, 6) is -0.0826. The standard InChI is InChI=1S/C28H34N6O2S/c1-18-9-8-10-24(20(18)3)34-19(2)15-23(31-34)26-21(4)30-28-33(27(26)36)22(17-37-28)16-25(35)29-11-14-32-12-6-5-7-13-32/h8-10,15,17H,5-7,11-14,16H2,1-4H3,(H,29,35). The molecule has 37 heavy (non-hydrogen) atoms. The molecule has 9 heteroatoms. The topological polar surface area (TPSA) is 84.5 Å². The highest BCUT2D eigenvalue weighted by atomic mass is 32.1. The average Bonchev–Trinajstić information content (AvgIpc) is 3.44. The van der Waals surface area contributed by atoms with Crippen LogP contribution in [0.3, 0.4) is 0 Å². The smallest absolute Gasteiger partial charge is 0.268 e. The maximum atomic E-state index is 13.8. The Morgan fingerprint density at radius 1 is 1.11 bits per heavy atom. The number of rotatable bonds is 7. The highest BCUT2D eigenvalue weighted by Crippen LogP contribution is 2.25. The molecule has 194 valence electrons. The average molecular weight is 519 g/mol. The minimum atomic E-state index is -0.189. The van der Waals surface area contributed by atoms with Gasteiger partial charge in [-0.2, -0.15) is 5.10 Å². The van der Waals surface area contributed by atoms with Crippen molar-refractivity contribution in [1.82, 2.24) is 29.4 Å². The molecule has 8 nitrogen and oxygen atoms in total. The van der Waals surface area contributed by atoms with E-state index in [9.17, 15) is 9.59 Å². The van der Waals surface area contributed by atoms with E-state index in [0.29, 0.717) is 34.2 Å². The molecule has 1 saturated heterocycles. The number of aryl methyl sites for hydroxylation is 3. The first-order valence-electron chi connectivity index (χ1n) is 13.0. The van der Waals surface area contributed by atoms with Crippen LogP contribution >= 0.6 is 11.3 Å². The third-order valence-corrected chi connectivity index (χ3v) is 8.18. The van der Waals surface area contributed by atoms with Crippen LogP contribution in [0.2, 0.25) is 0 Å². The Kier molecular flexibility index (Phi) is 7.26. The first-order chi connectivity index (χ1) is 17.8. The Bertz CT molecular complexity index is 1510. The van der Waals surface area contributed by atoms with Crippen LogP contribution in [0.15, 0.2) is 34.4 Å². The lowest BCUT2D eigenvalue weighted by Crippen LogP contribution is -2.38. The molecule has 0 aliphatic carbocycles. The molecule has 4 aromatic rings. The maximum Gasteiger partial charge on any atom is 0.268 e. The van der Waals surface area contributed by atoms with Crippen LogP contribution in [0.1, 0.15) is 47.5 Å². The maximum absolute atomic E-state index is 13.8. The number of carbonyl (C=O) groups excluding carboxylic acids is 1. The minimum absolute atomic E-state index is 0.0826. The Hall–Kier alpha value is -3.30. The normalized spacial score (nSPS) is 14.4. The molecule has 5 rings (SSSR count). The molecule has 0 radical (unpaired) electrons. The van der Waals surface area contributed by atoms with Crippen molar-refractivity contribution in [3.05, 3.63) is 68.2 Å². The van der Waals surface area contributed by atoms with Gasteiger partial charge in [-0.1, -0.05) is 18.6 Å². The van der Waals surface area contributed by atoms with E-state index in [2.05, 4.69) is 30.1 Å². The zero-order chi connectivity index (χ0) is 26.1. The molecule has 0 spiro atoms. The van der Waals surface area contributed by atoms with Gasteiger partial charge in [0.2, 0.25) is 5.91 Å². The number of thiazole rings is 1. The molecule has 1 aliphatic heterocycles. The van der Waals surface area contributed by atoms with Crippen molar-refractivity contribution in [2.75, 3.05) is 26.2 Å². The first kappa shape index (κ1) is 25.4. The largest absolute Gasteiger partial charge is 0.354 e. The SMILES string of the molecule is Cc1cccc(-n2nc(-c3c(C)nc4scc(CC(=O)NCCN5CCCCC5)n4c3=O)cc2C)c1C. The monoisotopic (exact) mass is 518 g/mol. The van der Waals surface area contributed by atoms with E-state index in [1.165, 1.54) is 36.2 Å². The predicted molar refractivity (Wildman–Crippen MR) is 148 cm³/mol. The fourth-order valence-electron chi connectivity index (χ4n) is 5.09. The highest BCUT2D eigenvalue weighted by Gasteiger charge is 2.20. The lowest BCUT2D eigenvalue weighted by Gasteiger charge is -2.26. The van der Waals surface area contributed by atoms with Crippen molar-refractivity contribution in [3.63, 3.8) is 0 Å². The molecule has 1 aliphatic rings. The summed E-state index contributed by atoms with van der Waals surface area (Å²) in [5.41, 5.74) is 6.42. The minimum Gasteiger partial charge on any atom is -0.354 e. The number of amides is 1. The van der Waals surface area contributed by atoms with Gasteiger partial charge in [-0.15, -0.1) is 11.3 Å². The number of carbonyl (C=O) groups is 1. The second kappa shape index (κ2) is 10.6. The number of hydrogen-bond donors (Lipinski definition) is 1. The van der Waals surface area contributed by atoms with Gasteiger partial charge in [-0.3, -0.25) is 14.0 Å². The Labute approximate surface area is 221 Å². The number of likely N-dealkylation sites (tertiary alicyclic amines) is 1. The van der Waals surface area contributed by atoms with Crippen LogP contribution in [0.4, 0.5) is 0 Å². The molecule has 0 atom stereocenters. The van der Waals surface area contributed by atoms with Gasteiger partial charge in [0.05, 0.1) is 23.4 Å². The van der Waals surface area contributed by atoms with E-state index >= 15 is 0 Å². The summed E-state index contributed by atoms with van der Waals surface area (Å²) in [6.45, 7) is 11.7. The summed E-state index contributed by atoms with van der Waals surface area (Å²) < 4.78 is 3.46. The van der Waals surface area contributed by atoms with Gasteiger partial charge in [0.15, 0.2) is 4.96 Å². The van der Waals surface area contributed by atoms with Gasteiger partial charge in [-0.25, -0.2) is 9.67 Å². The van der Waals surface area contributed by atoms with E-state index in [1.54, 1.807) is 4.40 Å². The first-order valence-corrected chi connectivity index (χ1v) is 13.8. The van der Waals surface area contributed by atoms with Crippen LogP contribution in [0.5, 0.6) is 0 Å². The van der Waals surface area contributed by atoms with Crippen molar-refractivity contribution in [2.45, 2.75) is 53.4 Å². The van der Waals surface area contributed by atoms with Crippen LogP contribution in [-0.2, 0) is 11.2 Å². The van der Waals surface area contributed by atoms with Crippen LogP contribution in [0.25, 0.3) is 21.9 Å². The molecule has 4 heterocycles. The predicted octanol–water partition coefficient (Wildman–Crippen LogP) is 3.99. The summed E-state index contributed by atoms with van der Waals surface area (Å²) >= 11 is 1.38. The molecular weight excluding hydrogens is 484 g/mol. The van der Waals surface area contributed by atoms with Gasteiger partial charge in [-0.05, 0) is 76.9 Å². The lowest BCUT2D eigenvalue weighted by atomic mass is 10.1. The van der Waals surface area contributed by atoms with Gasteiger partial charge in [0.25, 0.3) is 5.56 Å². The fourth-order valence-corrected chi connectivity index (χ4v) is 6.02. The van der Waals surface area contributed by atoms with E-state index in [-0.39, 0.29) is 17.9 Å². The molecule has 0 bridgehead atoms. The van der Waals surface area contributed by atoms with Crippen molar-refractivity contribution in [2.24, 2.45) is 0 Å². The third kappa shape index (κ3) is 5.10. The number of piperidine rings is 1. The summed E-state index contributed by atoms with van der Waals surface area (Å²) in [5, 5.41) is 9.70.